The van der Waals surface area contributed by atoms with Crippen LogP contribution < -0.4 is 9.47 Å². The van der Waals surface area contributed by atoms with Gasteiger partial charge in [-0.25, -0.2) is 0 Å². The highest BCUT2D eigenvalue weighted by atomic mass is 79.9. The van der Waals surface area contributed by atoms with E-state index in [0.717, 1.165) is 15.6 Å². The van der Waals surface area contributed by atoms with Crippen LogP contribution in [0.2, 0.25) is 5.02 Å². The fourth-order valence-corrected chi connectivity index (χ4v) is 3.44. The molecule has 1 N–H and O–H groups in total. The van der Waals surface area contributed by atoms with Crippen molar-refractivity contribution in [1.29, 1.82) is 0 Å². The summed E-state index contributed by atoms with van der Waals surface area (Å²) in [5.41, 5.74) is 1.73. The third-order valence-corrected chi connectivity index (χ3v) is 4.51. The third-order valence-electron chi connectivity index (χ3n) is 3.59. The first-order valence-electron chi connectivity index (χ1n) is 6.56. The van der Waals surface area contributed by atoms with Gasteiger partial charge in [0.05, 0.1) is 13.2 Å². The standard InChI is InChI=1S/C16H14BrClO3/c1-20-10-3-5-15-12(7-10)14(19)8-16(21-15)11-4-2-9(18)6-13(11)17/h2-7,14,16,19H,8H2,1H3/t14-,16?/m0/s1. The van der Waals surface area contributed by atoms with Gasteiger partial charge in [-0.1, -0.05) is 33.6 Å². The lowest BCUT2D eigenvalue weighted by Gasteiger charge is -2.30. The molecule has 0 amide bonds. The second-order valence-corrected chi connectivity index (χ2v) is 6.22. The minimum atomic E-state index is -0.587. The summed E-state index contributed by atoms with van der Waals surface area (Å²) >= 11 is 9.46. The summed E-state index contributed by atoms with van der Waals surface area (Å²) in [6.07, 6.45) is -0.315. The number of aliphatic hydroxyl groups excluding tert-OH is 1. The molecule has 0 bridgehead atoms. The molecule has 3 nitrogen and oxygen atoms in total. The summed E-state index contributed by atoms with van der Waals surface area (Å²) in [5, 5.41) is 11.0. The Kier molecular flexibility index (Phi) is 4.11. The number of benzene rings is 2. The van der Waals surface area contributed by atoms with Gasteiger partial charge in [0.15, 0.2) is 0 Å². The molecule has 0 saturated carbocycles. The molecule has 1 aliphatic heterocycles. The number of halogens is 2. The fourth-order valence-electron chi connectivity index (χ4n) is 2.51. The van der Waals surface area contributed by atoms with Crippen LogP contribution in [0.4, 0.5) is 0 Å². The van der Waals surface area contributed by atoms with E-state index in [2.05, 4.69) is 15.9 Å². The maximum absolute atomic E-state index is 10.4. The molecule has 1 unspecified atom stereocenters. The van der Waals surface area contributed by atoms with Crippen molar-refractivity contribution < 1.29 is 14.6 Å². The maximum atomic E-state index is 10.4. The zero-order valence-corrected chi connectivity index (χ0v) is 13.7. The summed E-state index contributed by atoms with van der Waals surface area (Å²) in [6.45, 7) is 0. The molecule has 21 heavy (non-hydrogen) atoms. The average molecular weight is 370 g/mol. The number of ether oxygens (including phenoxy) is 2. The Morgan fingerprint density at radius 1 is 1.24 bits per heavy atom. The van der Waals surface area contributed by atoms with Crippen molar-refractivity contribution in [2.24, 2.45) is 0 Å². The summed E-state index contributed by atoms with van der Waals surface area (Å²) < 4.78 is 12.1. The molecular weight excluding hydrogens is 356 g/mol. The fraction of sp³-hybridized carbons (Fsp3) is 0.250. The molecule has 1 aliphatic rings. The van der Waals surface area contributed by atoms with Crippen LogP contribution in [0.15, 0.2) is 40.9 Å². The average Bonchev–Trinajstić information content (AvgIpc) is 2.47. The van der Waals surface area contributed by atoms with Crippen LogP contribution in [0.3, 0.4) is 0 Å². The summed E-state index contributed by atoms with van der Waals surface area (Å²) in [4.78, 5) is 0. The smallest absolute Gasteiger partial charge is 0.128 e. The first-order valence-corrected chi connectivity index (χ1v) is 7.73. The molecule has 0 saturated heterocycles. The van der Waals surface area contributed by atoms with Crippen molar-refractivity contribution in [3.63, 3.8) is 0 Å². The molecule has 5 heteroatoms. The summed E-state index contributed by atoms with van der Waals surface area (Å²) in [5.74, 6) is 1.39. The van der Waals surface area contributed by atoms with Gasteiger partial charge in [0.2, 0.25) is 0 Å². The predicted molar refractivity (Wildman–Crippen MR) is 85.1 cm³/mol. The van der Waals surface area contributed by atoms with E-state index in [9.17, 15) is 5.11 Å². The lowest BCUT2D eigenvalue weighted by molar-refractivity contribution is 0.0651. The van der Waals surface area contributed by atoms with E-state index in [1.165, 1.54) is 0 Å². The second-order valence-electron chi connectivity index (χ2n) is 4.93. The van der Waals surface area contributed by atoms with Crippen LogP contribution in [-0.4, -0.2) is 12.2 Å². The van der Waals surface area contributed by atoms with Crippen LogP contribution in [0.5, 0.6) is 11.5 Å². The van der Waals surface area contributed by atoms with E-state index in [1.54, 1.807) is 7.11 Å². The van der Waals surface area contributed by atoms with Crippen molar-refractivity contribution in [2.75, 3.05) is 7.11 Å². The Morgan fingerprint density at radius 3 is 2.76 bits per heavy atom. The molecule has 0 aliphatic carbocycles. The van der Waals surface area contributed by atoms with Crippen molar-refractivity contribution in [3.8, 4) is 11.5 Å². The number of hydrogen-bond acceptors (Lipinski definition) is 3. The van der Waals surface area contributed by atoms with E-state index in [4.69, 9.17) is 21.1 Å². The molecule has 0 aromatic heterocycles. The van der Waals surface area contributed by atoms with Crippen molar-refractivity contribution >= 4 is 27.5 Å². The van der Waals surface area contributed by atoms with Crippen molar-refractivity contribution in [1.82, 2.24) is 0 Å². The Morgan fingerprint density at radius 2 is 2.05 bits per heavy atom. The molecule has 0 fully saturated rings. The van der Waals surface area contributed by atoms with Crippen LogP contribution in [-0.2, 0) is 0 Å². The molecule has 0 radical (unpaired) electrons. The molecule has 110 valence electrons. The van der Waals surface area contributed by atoms with E-state index >= 15 is 0 Å². The Bertz CT molecular complexity index is 675. The quantitative estimate of drug-likeness (QED) is 0.836. The SMILES string of the molecule is COc1ccc2c(c1)[C@@H](O)CC(c1ccc(Cl)cc1Br)O2. The molecule has 2 atom stereocenters. The van der Waals surface area contributed by atoms with Gasteiger partial charge < -0.3 is 14.6 Å². The highest BCUT2D eigenvalue weighted by Gasteiger charge is 2.29. The van der Waals surface area contributed by atoms with Gasteiger partial charge >= 0.3 is 0 Å². The Hall–Kier alpha value is -1.23. The molecule has 0 spiro atoms. The lowest BCUT2D eigenvalue weighted by Crippen LogP contribution is -2.19. The van der Waals surface area contributed by atoms with Crippen LogP contribution >= 0.6 is 27.5 Å². The molecule has 2 aromatic carbocycles. The number of aliphatic hydroxyl groups is 1. The van der Waals surface area contributed by atoms with Crippen LogP contribution in [0.25, 0.3) is 0 Å². The Labute approximate surface area is 136 Å². The normalized spacial score (nSPS) is 20.6. The molecule has 2 aromatic rings. The zero-order chi connectivity index (χ0) is 15.0. The van der Waals surface area contributed by atoms with Gasteiger partial charge in [-0.15, -0.1) is 0 Å². The lowest BCUT2D eigenvalue weighted by atomic mass is 9.95. The summed E-state index contributed by atoms with van der Waals surface area (Å²) in [7, 11) is 1.60. The predicted octanol–water partition coefficient (Wildman–Crippen LogP) is 4.67. The number of methoxy groups -OCH3 is 1. The maximum Gasteiger partial charge on any atom is 0.128 e. The Balaban J connectivity index is 1.94. The summed E-state index contributed by atoms with van der Waals surface area (Å²) in [6, 6.07) is 11.0. The van der Waals surface area contributed by atoms with Crippen LogP contribution in [0, 0.1) is 0 Å². The largest absolute Gasteiger partial charge is 0.497 e. The van der Waals surface area contributed by atoms with Gasteiger partial charge in [-0.2, -0.15) is 0 Å². The molecular formula is C16H14BrClO3. The van der Waals surface area contributed by atoms with Crippen molar-refractivity contribution in [3.05, 3.63) is 57.0 Å². The molecule has 1 heterocycles. The van der Waals surface area contributed by atoms with E-state index in [-0.39, 0.29) is 6.10 Å². The second kappa shape index (κ2) is 5.87. The van der Waals surface area contributed by atoms with Gasteiger partial charge in [0.1, 0.15) is 17.6 Å². The van der Waals surface area contributed by atoms with Gasteiger partial charge in [0.25, 0.3) is 0 Å². The monoisotopic (exact) mass is 368 g/mol. The minimum absolute atomic E-state index is 0.215. The number of hydrogen-bond donors (Lipinski definition) is 1. The van der Waals surface area contributed by atoms with Crippen LogP contribution in [0.1, 0.15) is 29.8 Å². The van der Waals surface area contributed by atoms with Gasteiger partial charge in [-0.05, 0) is 30.3 Å². The van der Waals surface area contributed by atoms with Crippen molar-refractivity contribution in [2.45, 2.75) is 18.6 Å². The van der Waals surface area contributed by atoms with E-state index in [1.807, 2.05) is 36.4 Å². The highest BCUT2D eigenvalue weighted by Crippen LogP contribution is 2.43. The van der Waals surface area contributed by atoms with Gasteiger partial charge in [-0.3, -0.25) is 0 Å². The highest BCUT2D eigenvalue weighted by molar-refractivity contribution is 9.10. The molecule has 3 rings (SSSR count). The number of rotatable bonds is 2. The first kappa shape index (κ1) is 14.7. The van der Waals surface area contributed by atoms with E-state index in [0.29, 0.717) is 22.9 Å². The van der Waals surface area contributed by atoms with E-state index < -0.39 is 6.10 Å². The zero-order valence-electron chi connectivity index (χ0n) is 11.3. The minimum Gasteiger partial charge on any atom is -0.497 e. The van der Waals surface area contributed by atoms with Gasteiger partial charge in [0, 0.05) is 27.0 Å². The third kappa shape index (κ3) is 2.89. The topological polar surface area (TPSA) is 38.7 Å². The number of fused-ring (bicyclic) bond motifs is 1. The first-order chi connectivity index (χ1) is 10.1.